The van der Waals surface area contributed by atoms with Crippen molar-refractivity contribution in [1.29, 1.82) is 0 Å². The van der Waals surface area contributed by atoms with Crippen LogP contribution < -0.4 is 10.2 Å². The molecule has 1 fully saturated rings. The zero-order valence-corrected chi connectivity index (χ0v) is 14.0. The number of aryl methyl sites for hydroxylation is 1. The minimum atomic E-state index is -0.625. The number of aliphatic hydroxyl groups excluding tert-OH is 1. The van der Waals surface area contributed by atoms with E-state index in [0.29, 0.717) is 23.8 Å². The molecule has 128 valence electrons. The number of carbonyl (C=O) groups excluding carboxylic acids is 1. The molecular weight excluding hydrogens is 306 g/mol. The van der Waals surface area contributed by atoms with Gasteiger partial charge in [0.15, 0.2) is 0 Å². The number of aliphatic hydroxyl groups is 1. The van der Waals surface area contributed by atoms with Crippen molar-refractivity contribution in [1.82, 2.24) is 19.9 Å². The Morgan fingerprint density at radius 1 is 1.42 bits per heavy atom. The van der Waals surface area contributed by atoms with Gasteiger partial charge in [-0.2, -0.15) is 0 Å². The van der Waals surface area contributed by atoms with Crippen LogP contribution in [0.2, 0.25) is 0 Å². The average Bonchev–Trinajstić information content (AvgIpc) is 3.06. The van der Waals surface area contributed by atoms with Gasteiger partial charge in [-0.15, -0.1) is 0 Å². The van der Waals surface area contributed by atoms with Crippen molar-refractivity contribution in [3.05, 3.63) is 42.1 Å². The topological polar surface area (TPSA) is 83.3 Å². The normalized spacial score (nSPS) is 19.1. The van der Waals surface area contributed by atoms with Crippen molar-refractivity contribution in [2.45, 2.75) is 18.9 Å². The van der Waals surface area contributed by atoms with Crippen LogP contribution in [0, 0.1) is 5.92 Å². The molecule has 1 aliphatic heterocycles. The number of aromatic nitrogens is 3. The molecule has 1 aliphatic rings. The van der Waals surface area contributed by atoms with Crippen LogP contribution in [0.5, 0.6) is 0 Å². The molecule has 2 unspecified atom stereocenters. The lowest BCUT2D eigenvalue weighted by Crippen LogP contribution is -2.40. The fourth-order valence-electron chi connectivity index (χ4n) is 3.29. The molecule has 2 aromatic rings. The van der Waals surface area contributed by atoms with E-state index in [1.54, 1.807) is 31.6 Å². The zero-order chi connectivity index (χ0) is 17.1. The Balaban J connectivity index is 1.82. The van der Waals surface area contributed by atoms with Crippen LogP contribution in [-0.2, 0) is 7.05 Å². The Hall–Kier alpha value is -2.41. The summed E-state index contributed by atoms with van der Waals surface area (Å²) in [6.45, 7) is 1.47. The standard InChI is InChI=1S/C17H23N5O2/c1-18-17(24)13-6-3-7-19-15(13)22-9-4-5-12(11-22)14(23)16-20-8-10-21(16)2/h3,6-8,10,12,14,23H,4-5,9,11H2,1-2H3,(H,18,24). The number of piperidine rings is 1. The lowest BCUT2D eigenvalue weighted by molar-refractivity contribution is 0.0872. The molecule has 0 radical (unpaired) electrons. The highest BCUT2D eigenvalue weighted by molar-refractivity contribution is 5.98. The van der Waals surface area contributed by atoms with E-state index >= 15 is 0 Å². The lowest BCUT2D eigenvalue weighted by Gasteiger charge is -2.36. The Kier molecular flexibility index (Phi) is 4.80. The number of hydrogen-bond acceptors (Lipinski definition) is 5. The maximum Gasteiger partial charge on any atom is 0.254 e. The highest BCUT2D eigenvalue weighted by atomic mass is 16.3. The summed E-state index contributed by atoms with van der Waals surface area (Å²) in [5, 5.41) is 13.4. The molecule has 2 N–H and O–H groups in total. The van der Waals surface area contributed by atoms with Gasteiger partial charge in [0.2, 0.25) is 0 Å². The summed E-state index contributed by atoms with van der Waals surface area (Å²) < 4.78 is 1.85. The molecule has 3 rings (SSSR count). The maximum absolute atomic E-state index is 12.1. The molecule has 7 nitrogen and oxygen atoms in total. The van der Waals surface area contributed by atoms with Gasteiger partial charge in [0, 0.05) is 51.7 Å². The Morgan fingerprint density at radius 2 is 2.25 bits per heavy atom. The second-order valence-electron chi connectivity index (χ2n) is 6.14. The highest BCUT2D eigenvalue weighted by Gasteiger charge is 2.31. The maximum atomic E-state index is 12.1. The van der Waals surface area contributed by atoms with Crippen LogP contribution in [0.1, 0.15) is 35.1 Å². The number of nitrogens with one attached hydrogen (secondary N) is 1. The van der Waals surface area contributed by atoms with Crippen molar-refractivity contribution in [3.63, 3.8) is 0 Å². The van der Waals surface area contributed by atoms with Crippen molar-refractivity contribution >= 4 is 11.7 Å². The number of pyridine rings is 1. The van der Waals surface area contributed by atoms with Gasteiger partial charge in [-0.25, -0.2) is 9.97 Å². The second-order valence-corrected chi connectivity index (χ2v) is 6.14. The van der Waals surface area contributed by atoms with Crippen LogP contribution in [-0.4, -0.2) is 45.7 Å². The van der Waals surface area contributed by atoms with Crippen LogP contribution in [0.3, 0.4) is 0 Å². The first-order valence-corrected chi connectivity index (χ1v) is 8.19. The van der Waals surface area contributed by atoms with Crippen molar-refractivity contribution < 1.29 is 9.90 Å². The Bertz CT molecular complexity index is 715. The predicted octanol–water partition coefficient (Wildman–Crippen LogP) is 1.12. The first kappa shape index (κ1) is 16.4. The van der Waals surface area contributed by atoms with Crippen LogP contribution in [0.25, 0.3) is 0 Å². The third-order valence-electron chi connectivity index (χ3n) is 4.59. The molecular formula is C17H23N5O2. The van der Waals surface area contributed by atoms with Gasteiger partial charge in [-0.3, -0.25) is 4.79 Å². The number of rotatable bonds is 4. The van der Waals surface area contributed by atoms with E-state index in [1.807, 2.05) is 17.8 Å². The molecule has 0 aliphatic carbocycles. The van der Waals surface area contributed by atoms with Crippen molar-refractivity contribution in [2.24, 2.45) is 13.0 Å². The summed E-state index contributed by atoms with van der Waals surface area (Å²) in [6.07, 6.45) is 6.46. The number of amides is 1. The zero-order valence-electron chi connectivity index (χ0n) is 14.0. The summed E-state index contributed by atoms with van der Waals surface area (Å²) in [5.74, 6) is 1.26. The van der Waals surface area contributed by atoms with Gasteiger partial charge >= 0.3 is 0 Å². The first-order valence-electron chi connectivity index (χ1n) is 8.19. The smallest absolute Gasteiger partial charge is 0.254 e. The first-order chi connectivity index (χ1) is 11.6. The number of nitrogens with zero attached hydrogens (tertiary/aromatic N) is 4. The Labute approximate surface area is 141 Å². The lowest BCUT2D eigenvalue weighted by atomic mass is 9.91. The average molecular weight is 329 g/mol. The molecule has 0 saturated carbocycles. The van der Waals surface area contributed by atoms with E-state index in [-0.39, 0.29) is 11.8 Å². The van der Waals surface area contributed by atoms with Gasteiger partial charge < -0.3 is 19.9 Å². The highest BCUT2D eigenvalue weighted by Crippen LogP contribution is 2.31. The Morgan fingerprint density at radius 3 is 2.96 bits per heavy atom. The van der Waals surface area contributed by atoms with E-state index in [9.17, 15) is 9.90 Å². The molecule has 1 saturated heterocycles. The summed E-state index contributed by atoms with van der Waals surface area (Å²) in [5.41, 5.74) is 0.562. The number of carbonyl (C=O) groups is 1. The molecule has 0 bridgehead atoms. The van der Waals surface area contributed by atoms with Gasteiger partial charge in [-0.05, 0) is 25.0 Å². The van der Waals surface area contributed by atoms with Gasteiger partial charge in [0.05, 0.1) is 5.56 Å². The fraction of sp³-hybridized carbons (Fsp3) is 0.471. The molecule has 2 atom stereocenters. The van der Waals surface area contributed by atoms with E-state index in [0.717, 1.165) is 19.4 Å². The van der Waals surface area contributed by atoms with Crippen molar-refractivity contribution in [3.8, 4) is 0 Å². The summed E-state index contributed by atoms with van der Waals surface area (Å²) in [6, 6.07) is 3.54. The summed E-state index contributed by atoms with van der Waals surface area (Å²) >= 11 is 0. The quantitative estimate of drug-likeness (QED) is 0.878. The third kappa shape index (κ3) is 3.12. The van der Waals surface area contributed by atoms with E-state index in [4.69, 9.17) is 0 Å². The molecule has 3 heterocycles. The molecule has 1 amide bonds. The van der Waals surface area contributed by atoms with Gasteiger partial charge in [-0.1, -0.05) is 0 Å². The van der Waals surface area contributed by atoms with Crippen LogP contribution >= 0.6 is 0 Å². The van der Waals surface area contributed by atoms with E-state index in [1.165, 1.54) is 0 Å². The van der Waals surface area contributed by atoms with Crippen LogP contribution in [0.4, 0.5) is 5.82 Å². The van der Waals surface area contributed by atoms with E-state index < -0.39 is 6.10 Å². The third-order valence-corrected chi connectivity index (χ3v) is 4.59. The summed E-state index contributed by atoms with van der Waals surface area (Å²) in [4.78, 5) is 22.8. The van der Waals surface area contributed by atoms with Crippen LogP contribution in [0.15, 0.2) is 30.7 Å². The van der Waals surface area contributed by atoms with Gasteiger partial charge in [0.1, 0.15) is 17.7 Å². The number of anilines is 1. The SMILES string of the molecule is CNC(=O)c1cccnc1N1CCCC(C(O)c2nccn2C)C1. The van der Waals surface area contributed by atoms with E-state index in [2.05, 4.69) is 20.2 Å². The largest absolute Gasteiger partial charge is 0.385 e. The minimum Gasteiger partial charge on any atom is -0.385 e. The van der Waals surface area contributed by atoms with Crippen molar-refractivity contribution in [2.75, 3.05) is 25.0 Å². The summed E-state index contributed by atoms with van der Waals surface area (Å²) in [7, 11) is 3.50. The number of hydrogen-bond donors (Lipinski definition) is 2. The molecule has 0 spiro atoms. The predicted molar refractivity (Wildman–Crippen MR) is 90.7 cm³/mol. The monoisotopic (exact) mass is 329 g/mol. The molecule has 7 heteroatoms. The molecule has 2 aromatic heterocycles. The minimum absolute atomic E-state index is 0.0550. The molecule has 24 heavy (non-hydrogen) atoms. The second kappa shape index (κ2) is 7.00. The fourth-order valence-corrected chi connectivity index (χ4v) is 3.29. The van der Waals surface area contributed by atoms with Gasteiger partial charge in [0.25, 0.3) is 5.91 Å². The molecule has 0 aromatic carbocycles. The number of imidazole rings is 1.